The number of aryl methyl sites for hydroxylation is 1. The Morgan fingerprint density at radius 1 is 1.10 bits per heavy atom. The summed E-state index contributed by atoms with van der Waals surface area (Å²) in [5.74, 6) is 0.0905. The van der Waals surface area contributed by atoms with E-state index in [1.807, 2.05) is 6.07 Å². The number of hydrogen-bond acceptors (Lipinski definition) is 4. The van der Waals surface area contributed by atoms with E-state index in [-0.39, 0.29) is 5.91 Å². The molecular weight excluding hydrogens is 264 g/mol. The molecule has 0 aromatic heterocycles. The molecule has 1 saturated carbocycles. The minimum atomic E-state index is 0.0905. The van der Waals surface area contributed by atoms with Gasteiger partial charge in [0, 0.05) is 44.3 Å². The van der Waals surface area contributed by atoms with Crippen molar-refractivity contribution in [3.05, 3.63) is 17.7 Å². The van der Waals surface area contributed by atoms with Gasteiger partial charge in [0.25, 0.3) is 0 Å². The second kappa shape index (κ2) is 4.91. The van der Waals surface area contributed by atoms with Gasteiger partial charge in [-0.25, -0.2) is 0 Å². The number of anilines is 3. The fourth-order valence-corrected chi connectivity index (χ4v) is 3.47. The quantitative estimate of drug-likeness (QED) is 0.808. The van der Waals surface area contributed by atoms with Crippen LogP contribution in [0.4, 0.5) is 17.1 Å². The summed E-state index contributed by atoms with van der Waals surface area (Å²) in [4.78, 5) is 16.5. The molecule has 3 aliphatic rings. The van der Waals surface area contributed by atoms with Crippen molar-refractivity contribution in [3.63, 3.8) is 0 Å². The Labute approximate surface area is 125 Å². The van der Waals surface area contributed by atoms with Crippen molar-refractivity contribution < 1.29 is 4.79 Å². The molecule has 2 aliphatic heterocycles. The molecule has 1 amide bonds. The van der Waals surface area contributed by atoms with Crippen LogP contribution in [0.2, 0.25) is 0 Å². The van der Waals surface area contributed by atoms with Crippen LogP contribution in [0, 0.1) is 0 Å². The fraction of sp³-hybridized carbons (Fsp3) is 0.562. The Morgan fingerprint density at radius 3 is 2.57 bits per heavy atom. The van der Waals surface area contributed by atoms with Crippen LogP contribution in [0.5, 0.6) is 0 Å². The maximum Gasteiger partial charge on any atom is 0.224 e. The fourth-order valence-electron chi connectivity index (χ4n) is 3.47. The summed E-state index contributed by atoms with van der Waals surface area (Å²) in [5.41, 5.74) is 10.2. The lowest BCUT2D eigenvalue weighted by Crippen LogP contribution is -2.47. The molecule has 1 aromatic carbocycles. The Hall–Kier alpha value is -1.75. The number of fused-ring (bicyclic) bond motifs is 1. The van der Waals surface area contributed by atoms with Crippen LogP contribution in [0.15, 0.2) is 12.1 Å². The highest BCUT2D eigenvalue weighted by atomic mass is 16.1. The van der Waals surface area contributed by atoms with Gasteiger partial charge in [0.05, 0.1) is 11.4 Å². The molecule has 2 fully saturated rings. The number of amides is 1. The lowest BCUT2D eigenvalue weighted by molar-refractivity contribution is -0.116. The minimum absolute atomic E-state index is 0.0905. The van der Waals surface area contributed by atoms with E-state index >= 15 is 0 Å². The standard InChI is InChI=1S/C16H22N4O/c17-13-10-14-11(1-4-16(21)18-14)9-15(13)20-7-5-19(6-8-20)12-2-3-12/h9-10,12H,1-8,17H2,(H,18,21). The highest BCUT2D eigenvalue weighted by Crippen LogP contribution is 2.34. The summed E-state index contributed by atoms with van der Waals surface area (Å²) in [6.07, 6.45) is 4.14. The van der Waals surface area contributed by atoms with Crippen molar-refractivity contribution in [1.82, 2.24) is 4.90 Å². The largest absolute Gasteiger partial charge is 0.397 e. The number of nitrogens with zero attached hydrogens (tertiary/aromatic N) is 2. The SMILES string of the molecule is Nc1cc2c(cc1N1CCN(C3CC3)CC1)CCC(=O)N2. The first kappa shape index (κ1) is 13.0. The minimum Gasteiger partial charge on any atom is -0.397 e. The van der Waals surface area contributed by atoms with Crippen LogP contribution < -0.4 is 16.0 Å². The first-order chi connectivity index (χ1) is 10.2. The molecule has 0 spiro atoms. The van der Waals surface area contributed by atoms with Gasteiger partial charge in [-0.2, -0.15) is 0 Å². The van der Waals surface area contributed by atoms with E-state index in [1.165, 1.54) is 18.4 Å². The molecule has 0 bridgehead atoms. The zero-order valence-corrected chi connectivity index (χ0v) is 12.3. The van der Waals surface area contributed by atoms with Crippen LogP contribution in [0.25, 0.3) is 0 Å². The molecule has 3 N–H and O–H groups in total. The number of piperazine rings is 1. The Balaban J connectivity index is 1.53. The summed E-state index contributed by atoms with van der Waals surface area (Å²) in [7, 11) is 0. The predicted molar refractivity (Wildman–Crippen MR) is 84.6 cm³/mol. The maximum atomic E-state index is 11.5. The molecule has 21 heavy (non-hydrogen) atoms. The number of hydrogen-bond donors (Lipinski definition) is 2. The molecular formula is C16H22N4O. The molecule has 4 rings (SSSR count). The topological polar surface area (TPSA) is 61.6 Å². The van der Waals surface area contributed by atoms with Crippen LogP contribution in [0.1, 0.15) is 24.8 Å². The highest BCUT2D eigenvalue weighted by Gasteiger charge is 2.31. The Kier molecular flexibility index (Phi) is 3.03. The number of carbonyl (C=O) groups is 1. The predicted octanol–water partition coefficient (Wildman–Crippen LogP) is 1.44. The van der Waals surface area contributed by atoms with Crippen LogP contribution in [-0.2, 0) is 11.2 Å². The third-order valence-corrected chi connectivity index (χ3v) is 4.87. The van der Waals surface area contributed by atoms with Crippen molar-refractivity contribution in [2.75, 3.05) is 42.1 Å². The number of nitrogen functional groups attached to an aromatic ring is 1. The van der Waals surface area contributed by atoms with Crippen molar-refractivity contribution in [2.45, 2.75) is 31.7 Å². The Bertz CT molecular complexity index is 574. The molecule has 1 aromatic rings. The van der Waals surface area contributed by atoms with E-state index < -0.39 is 0 Å². The maximum absolute atomic E-state index is 11.5. The zero-order valence-electron chi connectivity index (χ0n) is 12.3. The van der Waals surface area contributed by atoms with Gasteiger partial charge in [-0.3, -0.25) is 9.69 Å². The molecule has 112 valence electrons. The summed E-state index contributed by atoms with van der Waals surface area (Å²) in [6.45, 7) is 4.37. The highest BCUT2D eigenvalue weighted by molar-refractivity contribution is 5.95. The summed E-state index contributed by atoms with van der Waals surface area (Å²) < 4.78 is 0. The van der Waals surface area contributed by atoms with Gasteiger partial charge >= 0.3 is 0 Å². The number of nitrogens with two attached hydrogens (primary N) is 1. The van der Waals surface area contributed by atoms with Gasteiger partial charge in [-0.15, -0.1) is 0 Å². The van der Waals surface area contributed by atoms with E-state index in [9.17, 15) is 4.79 Å². The molecule has 5 nitrogen and oxygen atoms in total. The first-order valence-corrected chi connectivity index (χ1v) is 7.92. The molecule has 0 unspecified atom stereocenters. The second-order valence-electron chi connectivity index (χ2n) is 6.37. The van der Waals surface area contributed by atoms with E-state index in [4.69, 9.17) is 5.73 Å². The molecule has 1 aliphatic carbocycles. The molecule has 0 radical (unpaired) electrons. The van der Waals surface area contributed by atoms with Gasteiger partial charge in [0.1, 0.15) is 0 Å². The van der Waals surface area contributed by atoms with Crippen molar-refractivity contribution >= 4 is 23.0 Å². The third kappa shape index (κ3) is 2.46. The number of carbonyl (C=O) groups excluding carboxylic acids is 1. The second-order valence-corrected chi connectivity index (χ2v) is 6.37. The lowest BCUT2D eigenvalue weighted by Gasteiger charge is -2.37. The van der Waals surface area contributed by atoms with E-state index in [0.29, 0.717) is 6.42 Å². The summed E-state index contributed by atoms with van der Waals surface area (Å²) in [6, 6.07) is 4.95. The van der Waals surface area contributed by atoms with Crippen molar-refractivity contribution in [1.29, 1.82) is 0 Å². The van der Waals surface area contributed by atoms with Gasteiger partial charge in [-0.05, 0) is 37.0 Å². The van der Waals surface area contributed by atoms with Crippen molar-refractivity contribution in [3.8, 4) is 0 Å². The average Bonchev–Trinajstić information content (AvgIpc) is 3.31. The van der Waals surface area contributed by atoms with E-state index in [1.54, 1.807) is 0 Å². The number of benzene rings is 1. The zero-order chi connectivity index (χ0) is 14.4. The third-order valence-electron chi connectivity index (χ3n) is 4.87. The van der Waals surface area contributed by atoms with Gasteiger partial charge in [0.2, 0.25) is 5.91 Å². The smallest absolute Gasteiger partial charge is 0.224 e. The number of rotatable bonds is 2. The summed E-state index contributed by atoms with van der Waals surface area (Å²) in [5, 5.41) is 2.92. The molecule has 5 heteroatoms. The van der Waals surface area contributed by atoms with Crippen LogP contribution in [-0.4, -0.2) is 43.0 Å². The van der Waals surface area contributed by atoms with Crippen LogP contribution in [0.3, 0.4) is 0 Å². The van der Waals surface area contributed by atoms with Crippen molar-refractivity contribution in [2.24, 2.45) is 0 Å². The van der Waals surface area contributed by atoms with Gasteiger partial charge in [0.15, 0.2) is 0 Å². The number of nitrogens with one attached hydrogen (secondary N) is 1. The Morgan fingerprint density at radius 2 is 1.86 bits per heavy atom. The van der Waals surface area contributed by atoms with Crippen LogP contribution >= 0.6 is 0 Å². The van der Waals surface area contributed by atoms with Gasteiger partial charge < -0.3 is 16.0 Å². The van der Waals surface area contributed by atoms with E-state index in [0.717, 1.165) is 55.7 Å². The van der Waals surface area contributed by atoms with E-state index in [2.05, 4.69) is 21.2 Å². The lowest BCUT2D eigenvalue weighted by atomic mass is 10.0. The normalized spacial score (nSPS) is 22.9. The monoisotopic (exact) mass is 286 g/mol. The molecule has 0 atom stereocenters. The average molecular weight is 286 g/mol. The summed E-state index contributed by atoms with van der Waals surface area (Å²) >= 11 is 0. The molecule has 1 saturated heterocycles. The van der Waals surface area contributed by atoms with Gasteiger partial charge in [-0.1, -0.05) is 0 Å². The molecule has 2 heterocycles. The first-order valence-electron chi connectivity index (χ1n) is 7.92.